The predicted octanol–water partition coefficient (Wildman–Crippen LogP) is 2.58. The number of nitro groups is 1. The van der Waals surface area contributed by atoms with E-state index in [1.165, 1.54) is 12.5 Å². The SMILES string of the molecule is O=[N+]([O-])c1cccc(NCC2CCCCO2)c1. The molecule has 2 rings (SSSR count). The van der Waals surface area contributed by atoms with Crippen molar-refractivity contribution in [2.24, 2.45) is 0 Å². The molecule has 1 aliphatic heterocycles. The topological polar surface area (TPSA) is 64.4 Å². The first kappa shape index (κ1) is 11.9. The lowest BCUT2D eigenvalue weighted by Crippen LogP contribution is -2.26. The predicted molar refractivity (Wildman–Crippen MR) is 65.2 cm³/mol. The van der Waals surface area contributed by atoms with Crippen LogP contribution in [0.15, 0.2) is 24.3 Å². The smallest absolute Gasteiger partial charge is 0.271 e. The second-order valence-corrected chi connectivity index (χ2v) is 4.18. The molecule has 1 heterocycles. The number of anilines is 1. The van der Waals surface area contributed by atoms with Gasteiger partial charge in [-0.05, 0) is 25.3 Å². The van der Waals surface area contributed by atoms with E-state index in [2.05, 4.69) is 5.32 Å². The zero-order valence-electron chi connectivity index (χ0n) is 9.59. The summed E-state index contributed by atoms with van der Waals surface area (Å²) in [6, 6.07) is 6.54. The van der Waals surface area contributed by atoms with Crippen molar-refractivity contribution in [3.8, 4) is 0 Å². The van der Waals surface area contributed by atoms with Crippen molar-refractivity contribution in [2.45, 2.75) is 25.4 Å². The lowest BCUT2D eigenvalue weighted by Gasteiger charge is -2.23. The molecular weight excluding hydrogens is 220 g/mol. The molecule has 1 aromatic rings. The van der Waals surface area contributed by atoms with Crippen LogP contribution in [0.3, 0.4) is 0 Å². The number of benzene rings is 1. The van der Waals surface area contributed by atoms with E-state index in [4.69, 9.17) is 4.74 Å². The molecule has 5 nitrogen and oxygen atoms in total. The van der Waals surface area contributed by atoms with Crippen molar-refractivity contribution in [3.05, 3.63) is 34.4 Å². The Hall–Kier alpha value is -1.62. The Kier molecular flexibility index (Phi) is 3.93. The summed E-state index contributed by atoms with van der Waals surface area (Å²) in [5.74, 6) is 0. The molecule has 0 spiro atoms. The average Bonchev–Trinajstić information content (AvgIpc) is 2.38. The van der Waals surface area contributed by atoms with E-state index in [0.29, 0.717) is 6.54 Å². The Morgan fingerprint density at radius 1 is 1.47 bits per heavy atom. The fourth-order valence-electron chi connectivity index (χ4n) is 1.93. The third kappa shape index (κ3) is 3.42. The number of ether oxygens (including phenoxy) is 1. The lowest BCUT2D eigenvalue weighted by molar-refractivity contribution is -0.384. The number of non-ortho nitro benzene ring substituents is 1. The molecular formula is C12H16N2O3. The monoisotopic (exact) mass is 236 g/mol. The van der Waals surface area contributed by atoms with Gasteiger partial charge in [-0.15, -0.1) is 0 Å². The third-order valence-electron chi connectivity index (χ3n) is 2.86. The van der Waals surface area contributed by atoms with Gasteiger partial charge < -0.3 is 10.1 Å². The summed E-state index contributed by atoms with van der Waals surface area (Å²) in [4.78, 5) is 10.2. The maximum absolute atomic E-state index is 10.6. The first-order valence-electron chi connectivity index (χ1n) is 5.85. The van der Waals surface area contributed by atoms with Crippen LogP contribution in [0.2, 0.25) is 0 Å². The fourth-order valence-corrected chi connectivity index (χ4v) is 1.93. The number of nitrogens with one attached hydrogen (secondary N) is 1. The van der Waals surface area contributed by atoms with Gasteiger partial charge in [0.1, 0.15) is 0 Å². The summed E-state index contributed by atoms with van der Waals surface area (Å²) in [7, 11) is 0. The third-order valence-corrected chi connectivity index (χ3v) is 2.86. The molecule has 1 fully saturated rings. The van der Waals surface area contributed by atoms with Gasteiger partial charge in [0.05, 0.1) is 11.0 Å². The Labute approximate surface area is 99.9 Å². The summed E-state index contributed by atoms with van der Waals surface area (Å²) in [5.41, 5.74) is 0.882. The van der Waals surface area contributed by atoms with Crippen molar-refractivity contribution in [2.75, 3.05) is 18.5 Å². The Morgan fingerprint density at radius 3 is 3.06 bits per heavy atom. The van der Waals surface area contributed by atoms with E-state index in [1.54, 1.807) is 12.1 Å². The minimum absolute atomic E-state index is 0.111. The average molecular weight is 236 g/mol. The van der Waals surface area contributed by atoms with Crippen LogP contribution in [0.25, 0.3) is 0 Å². The molecule has 0 bridgehead atoms. The largest absolute Gasteiger partial charge is 0.382 e. The van der Waals surface area contributed by atoms with E-state index in [1.807, 2.05) is 6.07 Å². The van der Waals surface area contributed by atoms with Crippen LogP contribution in [0.5, 0.6) is 0 Å². The van der Waals surface area contributed by atoms with Crippen LogP contribution < -0.4 is 5.32 Å². The Morgan fingerprint density at radius 2 is 2.35 bits per heavy atom. The Balaban J connectivity index is 1.89. The second kappa shape index (κ2) is 5.63. The number of nitrogens with zero attached hydrogens (tertiary/aromatic N) is 1. The highest BCUT2D eigenvalue weighted by Gasteiger charge is 2.13. The number of nitro benzene ring substituents is 1. The highest BCUT2D eigenvalue weighted by Crippen LogP contribution is 2.18. The quantitative estimate of drug-likeness (QED) is 0.644. The number of hydrogen-bond acceptors (Lipinski definition) is 4. The maximum Gasteiger partial charge on any atom is 0.271 e. The van der Waals surface area contributed by atoms with Gasteiger partial charge in [-0.2, -0.15) is 0 Å². The molecule has 92 valence electrons. The van der Waals surface area contributed by atoms with Gasteiger partial charge in [0.15, 0.2) is 0 Å². The van der Waals surface area contributed by atoms with Gasteiger partial charge in [0.2, 0.25) is 0 Å². The molecule has 5 heteroatoms. The summed E-state index contributed by atoms with van der Waals surface area (Å²) >= 11 is 0. The molecule has 0 radical (unpaired) electrons. The zero-order chi connectivity index (χ0) is 12.1. The van der Waals surface area contributed by atoms with Crippen molar-refractivity contribution in [3.63, 3.8) is 0 Å². The van der Waals surface area contributed by atoms with E-state index in [0.717, 1.165) is 25.1 Å². The highest BCUT2D eigenvalue weighted by atomic mass is 16.6. The zero-order valence-corrected chi connectivity index (χ0v) is 9.59. The van der Waals surface area contributed by atoms with Crippen LogP contribution in [0.1, 0.15) is 19.3 Å². The second-order valence-electron chi connectivity index (χ2n) is 4.18. The van der Waals surface area contributed by atoms with E-state index >= 15 is 0 Å². The lowest BCUT2D eigenvalue weighted by atomic mass is 10.1. The molecule has 1 atom stereocenters. The minimum Gasteiger partial charge on any atom is -0.382 e. The molecule has 1 N–H and O–H groups in total. The summed E-state index contributed by atoms with van der Waals surface area (Å²) in [6.45, 7) is 1.53. The normalized spacial score (nSPS) is 19.9. The first-order chi connectivity index (χ1) is 8.25. The van der Waals surface area contributed by atoms with Gasteiger partial charge >= 0.3 is 0 Å². The van der Waals surface area contributed by atoms with Gasteiger partial charge in [-0.25, -0.2) is 0 Å². The van der Waals surface area contributed by atoms with Crippen molar-refractivity contribution in [1.29, 1.82) is 0 Å². The highest BCUT2D eigenvalue weighted by molar-refractivity contribution is 5.50. The molecule has 1 unspecified atom stereocenters. The van der Waals surface area contributed by atoms with Gasteiger partial charge in [0.25, 0.3) is 5.69 Å². The van der Waals surface area contributed by atoms with Crippen LogP contribution in [-0.2, 0) is 4.74 Å². The molecule has 0 aromatic heterocycles. The Bertz CT molecular complexity index is 389. The fraction of sp³-hybridized carbons (Fsp3) is 0.500. The molecule has 1 aromatic carbocycles. The molecule has 0 saturated carbocycles. The van der Waals surface area contributed by atoms with Crippen LogP contribution in [-0.4, -0.2) is 24.2 Å². The van der Waals surface area contributed by atoms with Crippen molar-refractivity contribution < 1.29 is 9.66 Å². The first-order valence-corrected chi connectivity index (χ1v) is 5.85. The van der Waals surface area contributed by atoms with Crippen LogP contribution in [0.4, 0.5) is 11.4 Å². The standard InChI is InChI=1S/C12H16N2O3/c15-14(16)11-5-3-4-10(8-11)13-9-12-6-1-2-7-17-12/h3-5,8,12-13H,1-2,6-7,9H2. The summed E-state index contributed by atoms with van der Waals surface area (Å²) < 4.78 is 5.58. The van der Waals surface area contributed by atoms with Crippen LogP contribution in [0, 0.1) is 10.1 Å². The van der Waals surface area contributed by atoms with Crippen molar-refractivity contribution in [1.82, 2.24) is 0 Å². The molecule has 17 heavy (non-hydrogen) atoms. The summed E-state index contributed by atoms with van der Waals surface area (Å²) in [6.07, 6.45) is 3.61. The van der Waals surface area contributed by atoms with E-state index in [-0.39, 0.29) is 16.7 Å². The van der Waals surface area contributed by atoms with Crippen molar-refractivity contribution >= 4 is 11.4 Å². The van der Waals surface area contributed by atoms with E-state index < -0.39 is 0 Å². The van der Waals surface area contributed by atoms with Gasteiger partial charge in [-0.3, -0.25) is 10.1 Å². The molecule has 0 amide bonds. The molecule has 0 aliphatic carbocycles. The number of hydrogen-bond donors (Lipinski definition) is 1. The maximum atomic E-state index is 10.6. The van der Waals surface area contributed by atoms with E-state index in [9.17, 15) is 10.1 Å². The van der Waals surface area contributed by atoms with Gasteiger partial charge in [-0.1, -0.05) is 6.07 Å². The summed E-state index contributed by atoms with van der Waals surface area (Å²) in [5, 5.41) is 13.8. The minimum atomic E-state index is -0.387. The van der Waals surface area contributed by atoms with Gasteiger partial charge in [0, 0.05) is 31.0 Å². The number of rotatable bonds is 4. The molecule has 1 saturated heterocycles. The molecule has 1 aliphatic rings. The van der Waals surface area contributed by atoms with Crippen LogP contribution >= 0.6 is 0 Å².